The third-order valence-electron chi connectivity index (χ3n) is 4.80. The molecule has 4 rings (SSSR count). The lowest BCUT2D eigenvalue weighted by atomic mass is 10.0. The zero-order chi connectivity index (χ0) is 22.5. The second-order valence-corrected chi connectivity index (χ2v) is 7.97. The molecule has 1 atom stereocenters. The van der Waals surface area contributed by atoms with Crippen molar-refractivity contribution in [3.63, 3.8) is 0 Å². The molecule has 0 fully saturated rings. The Kier molecular flexibility index (Phi) is 6.28. The Balaban J connectivity index is 1.47. The maximum atomic E-state index is 13.4. The van der Waals surface area contributed by atoms with E-state index in [0.29, 0.717) is 22.6 Å². The number of halogens is 1. The molecule has 3 aromatic carbocycles. The molecule has 0 saturated heterocycles. The van der Waals surface area contributed by atoms with Gasteiger partial charge < -0.3 is 15.8 Å². The molecule has 160 valence electrons. The average Bonchev–Trinajstić information content (AvgIpc) is 3.33. The molecule has 2 amide bonds. The van der Waals surface area contributed by atoms with Gasteiger partial charge in [-0.15, -0.1) is 11.3 Å². The van der Waals surface area contributed by atoms with Crippen LogP contribution >= 0.6 is 11.3 Å². The smallest absolute Gasteiger partial charge is 0.252 e. The molecule has 0 radical (unpaired) electrons. The largest absolute Gasteiger partial charge is 0.457 e. The Hall–Kier alpha value is -3.97. The fraction of sp³-hybridized carbons (Fsp3) is 0.0400. The number of ether oxygens (including phenoxy) is 1. The highest BCUT2D eigenvalue weighted by Gasteiger charge is 2.19. The number of thiophene rings is 1. The number of hydrogen-bond acceptors (Lipinski definition) is 4. The van der Waals surface area contributed by atoms with Gasteiger partial charge in [-0.2, -0.15) is 0 Å². The van der Waals surface area contributed by atoms with Crippen LogP contribution < -0.4 is 15.8 Å². The van der Waals surface area contributed by atoms with Crippen molar-refractivity contribution < 1.29 is 18.7 Å². The van der Waals surface area contributed by atoms with Gasteiger partial charge in [-0.1, -0.05) is 18.2 Å². The number of benzene rings is 3. The normalized spacial score (nSPS) is 11.5. The SMILES string of the molecule is NC(=O)c1ccc(Oc2ccc(C(=O)NC(c3ccc(F)cc3)c3cccs3)cc2)cc1. The zero-order valence-corrected chi connectivity index (χ0v) is 17.6. The van der Waals surface area contributed by atoms with Gasteiger partial charge in [-0.25, -0.2) is 4.39 Å². The van der Waals surface area contributed by atoms with Crippen LogP contribution in [0.5, 0.6) is 11.5 Å². The molecule has 3 N–H and O–H groups in total. The quantitative estimate of drug-likeness (QED) is 0.404. The molecular formula is C25H19FN2O3S. The summed E-state index contributed by atoms with van der Waals surface area (Å²) in [4.78, 5) is 25.0. The Morgan fingerprint density at radius 2 is 1.44 bits per heavy atom. The minimum absolute atomic E-state index is 0.259. The number of rotatable bonds is 7. The van der Waals surface area contributed by atoms with E-state index in [1.807, 2.05) is 17.5 Å². The van der Waals surface area contributed by atoms with Crippen molar-refractivity contribution in [2.75, 3.05) is 0 Å². The number of nitrogens with two attached hydrogens (primary N) is 1. The zero-order valence-electron chi connectivity index (χ0n) is 16.8. The van der Waals surface area contributed by atoms with Crippen LogP contribution in [0.3, 0.4) is 0 Å². The van der Waals surface area contributed by atoms with Crippen molar-refractivity contribution in [3.8, 4) is 11.5 Å². The first kappa shape index (κ1) is 21.3. The summed E-state index contributed by atoms with van der Waals surface area (Å²) >= 11 is 1.52. The molecule has 5 nitrogen and oxygen atoms in total. The second kappa shape index (κ2) is 9.45. The summed E-state index contributed by atoms with van der Waals surface area (Å²) in [6.07, 6.45) is 0. The van der Waals surface area contributed by atoms with E-state index < -0.39 is 5.91 Å². The van der Waals surface area contributed by atoms with Gasteiger partial charge in [0.15, 0.2) is 0 Å². The van der Waals surface area contributed by atoms with Crippen molar-refractivity contribution >= 4 is 23.2 Å². The summed E-state index contributed by atoms with van der Waals surface area (Å²) in [5.74, 6) is -0.00802. The predicted molar refractivity (Wildman–Crippen MR) is 122 cm³/mol. The van der Waals surface area contributed by atoms with E-state index in [1.54, 1.807) is 60.7 Å². The van der Waals surface area contributed by atoms with Crippen molar-refractivity contribution in [3.05, 3.63) is 118 Å². The fourth-order valence-corrected chi connectivity index (χ4v) is 3.94. The molecule has 1 aromatic heterocycles. The van der Waals surface area contributed by atoms with E-state index in [4.69, 9.17) is 10.5 Å². The monoisotopic (exact) mass is 446 g/mol. The van der Waals surface area contributed by atoms with Crippen molar-refractivity contribution in [1.29, 1.82) is 0 Å². The lowest BCUT2D eigenvalue weighted by Crippen LogP contribution is -2.28. The number of hydrogen-bond donors (Lipinski definition) is 2. The van der Waals surface area contributed by atoms with Gasteiger partial charge >= 0.3 is 0 Å². The topological polar surface area (TPSA) is 81.4 Å². The van der Waals surface area contributed by atoms with Crippen LogP contribution in [-0.4, -0.2) is 11.8 Å². The molecule has 1 unspecified atom stereocenters. The van der Waals surface area contributed by atoms with E-state index in [1.165, 1.54) is 23.5 Å². The highest BCUT2D eigenvalue weighted by molar-refractivity contribution is 7.10. The summed E-state index contributed by atoms with van der Waals surface area (Å²) < 4.78 is 19.1. The van der Waals surface area contributed by atoms with Crippen LogP contribution in [0.4, 0.5) is 4.39 Å². The number of carbonyl (C=O) groups excluding carboxylic acids is 2. The van der Waals surface area contributed by atoms with Crippen LogP contribution in [0.15, 0.2) is 90.3 Å². The van der Waals surface area contributed by atoms with Gasteiger partial charge in [0.2, 0.25) is 5.91 Å². The number of carbonyl (C=O) groups is 2. The van der Waals surface area contributed by atoms with Crippen LogP contribution in [0, 0.1) is 5.82 Å². The molecule has 0 saturated carbocycles. The predicted octanol–water partition coefficient (Wildman–Crippen LogP) is 5.30. The van der Waals surface area contributed by atoms with Crippen molar-refractivity contribution in [1.82, 2.24) is 5.32 Å². The Morgan fingerprint density at radius 3 is 1.97 bits per heavy atom. The third kappa shape index (κ3) is 5.01. The Morgan fingerprint density at radius 1 is 0.844 bits per heavy atom. The minimum Gasteiger partial charge on any atom is -0.457 e. The van der Waals surface area contributed by atoms with Gasteiger partial charge in [-0.05, 0) is 77.7 Å². The summed E-state index contributed by atoms with van der Waals surface area (Å²) in [5.41, 5.74) is 6.89. The molecular weight excluding hydrogens is 427 g/mol. The summed E-state index contributed by atoms with van der Waals surface area (Å²) in [6, 6.07) is 22.7. The molecule has 0 bridgehead atoms. The van der Waals surface area contributed by atoms with Crippen LogP contribution in [-0.2, 0) is 0 Å². The van der Waals surface area contributed by atoms with Crippen LogP contribution in [0.25, 0.3) is 0 Å². The molecule has 0 spiro atoms. The average molecular weight is 447 g/mol. The van der Waals surface area contributed by atoms with Crippen molar-refractivity contribution in [2.24, 2.45) is 5.73 Å². The number of nitrogens with one attached hydrogen (secondary N) is 1. The van der Waals surface area contributed by atoms with E-state index in [-0.39, 0.29) is 17.8 Å². The first-order chi connectivity index (χ1) is 15.5. The van der Waals surface area contributed by atoms with E-state index in [9.17, 15) is 14.0 Å². The molecule has 0 aliphatic heterocycles. The number of primary amides is 1. The Labute approximate surface area is 188 Å². The number of amides is 2. The van der Waals surface area contributed by atoms with Gasteiger partial charge in [0.25, 0.3) is 5.91 Å². The molecule has 0 aliphatic rings. The van der Waals surface area contributed by atoms with Gasteiger partial charge in [-0.3, -0.25) is 9.59 Å². The lowest BCUT2D eigenvalue weighted by molar-refractivity contribution is 0.0942. The first-order valence-corrected chi connectivity index (χ1v) is 10.6. The van der Waals surface area contributed by atoms with Crippen molar-refractivity contribution in [2.45, 2.75) is 6.04 Å². The summed E-state index contributed by atoms with van der Waals surface area (Å²) in [6.45, 7) is 0. The van der Waals surface area contributed by atoms with Gasteiger partial charge in [0, 0.05) is 16.0 Å². The fourth-order valence-electron chi connectivity index (χ4n) is 3.14. The highest BCUT2D eigenvalue weighted by Crippen LogP contribution is 2.27. The van der Waals surface area contributed by atoms with E-state index in [2.05, 4.69) is 5.32 Å². The molecule has 1 heterocycles. The van der Waals surface area contributed by atoms with E-state index >= 15 is 0 Å². The van der Waals surface area contributed by atoms with Crippen LogP contribution in [0.1, 0.15) is 37.2 Å². The second-order valence-electron chi connectivity index (χ2n) is 6.99. The first-order valence-electron chi connectivity index (χ1n) is 9.77. The highest BCUT2D eigenvalue weighted by atomic mass is 32.1. The Bertz CT molecular complexity index is 1210. The molecule has 4 aromatic rings. The molecule has 7 heteroatoms. The minimum atomic E-state index is -0.506. The summed E-state index contributed by atoms with van der Waals surface area (Å²) in [5, 5.41) is 4.95. The molecule has 32 heavy (non-hydrogen) atoms. The van der Waals surface area contributed by atoms with Crippen LogP contribution in [0.2, 0.25) is 0 Å². The summed E-state index contributed by atoms with van der Waals surface area (Å²) in [7, 11) is 0. The van der Waals surface area contributed by atoms with Gasteiger partial charge in [0.05, 0.1) is 6.04 Å². The lowest BCUT2D eigenvalue weighted by Gasteiger charge is -2.18. The maximum absolute atomic E-state index is 13.4. The molecule has 0 aliphatic carbocycles. The third-order valence-corrected chi connectivity index (χ3v) is 5.73. The van der Waals surface area contributed by atoms with Gasteiger partial charge in [0.1, 0.15) is 17.3 Å². The maximum Gasteiger partial charge on any atom is 0.252 e. The standard InChI is InChI=1S/C25H19FN2O3S/c26-19-9-3-16(4-10-19)23(22-2-1-15-32-22)28-25(30)18-7-13-21(14-8-18)31-20-11-5-17(6-12-20)24(27)29/h1-15,23H,(H2,27,29)(H,28,30). The van der Waals surface area contributed by atoms with E-state index in [0.717, 1.165) is 10.4 Å².